The Hall–Kier alpha value is 0.619. The SMILES string of the molecule is CS(=O)(=O)O.CS(=O)(=O)O.[Sn+2]. The zero-order valence-corrected chi connectivity index (χ0v) is 10.3. The molecule has 0 saturated carbocycles. The van der Waals surface area contributed by atoms with Crippen LogP contribution in [0, 0.1) is 0 Å². The molecule has 0 aromatic heterocycles. The van der Waals surface area contributed by atoms with Crippen molar-refractivity contribution in [2.45, 2.75) is 0 Å². The number of hydrogen-bond acceptors (Lipinski definition) is 4. The van der Waals surface area contributed by atoms with Crippen LogP contribution in [0.25, 0.3) is 0 Å². The fourth-order valence-electron chi connectivity index (χ4n) is 0. The molecule has 0 aromatic rings. The Morgan fingerprint density at radius 3 is 0.818 bits per heavy atom. The fraction of sp³-hybridized carbons (Fsp3) is 1.00. The molecule has 0 atom stereocenters. The van der Waals surface area contributed by atoms with Crippen LogP contribution in [-0.2, 0) is 20.2 Å². The van der Waals surface area contributed by atoms with Gasteiger partial charge in [-0.15, -0.1) is 0 Å². The summed E-state index contributed by atoms with van der Waals surface area (Å²) < 4.78 is 51.7. The molecule has 0 saturated heterocycles. The molecule has 66 valence electrons. The first kappa shape index (κ1) is 17.6. The van der Waals surface area contributed by atoms with Crippen molar-refractivity contribution in [2.75, 3.05) is 12.5 Å². The standard InChI is InChI=1S/2CH4O3S.Sn/c2*1-5(2,3)4;/h2*1H3,(H,2,3,4);/q;;+2. The molecule has 0 fully saturated rings. The molecule has 11 heavy (non-hydrogen) atoms. The third kappa shape index (κ3) is 2060. The van der Waals surface area contributed by atoms with Crippen LogP contribution in [0.5, 0.6) is 0 Å². The van der Waals surface area contributed by atoms with E-state index in [0.29, 0.717) is 12.5 Å². The zero-order chi connectivity index (χ0) is 9.00. The maximum Gasteiger partial charge on any atom is 2.00 e. The minimum Gasteiger partial charge on any atom is -0.286 e. The Morgan fingerprint density at radius 2 is 0.818 bits per heavy atom. The van der Waals surface area contributed by atoms with E-state index in [1.54, 1.807) is 0 Å². The molecule has 2 radical (unpaired) electrons. The second-order valence-electron chi connectivity index (χ2n) is 1.47. The molecule has 0 bridgehead atoms. The zero-order valence-electron chi connectivity index (χ0n) is 5.84. The molecule has 2 N–H and O–H groups in total. The van der Waals surface area contributed by atoms with Crippen molar-refractivity contribution in [3.63, 3.8) is 0 Å². The van der Waals surface area contributed by atoms with Crippen molar-refractivity contribution in [3.05, 3.63) is 0 Å². The summed E-state index contributed by atoms with van der Waals surface area (Å²) in [6.07, 6.45) is 1.43. The van der Waals surface area contributed by atoms with Crippen LogP contribution in [0.3, 0.4) is 0 Å². The van der Waals surface area contributed by atoms with Crippen molar-refractivity contribution in [1.29, 1.82) is 0 Å². The fourth-order valence-corrected chi connectivity index (χ4v) is 0. The van der Waals surface area contributed by atoms with Crippen molar-refractivity contribution >= 4 is 44.1 Å². The van der Waals surface area contributed by atoms with E-state index in [2.05, 4.69) is 0 Å². The predicted molar refractivity (Wildman–Crippen MR) is 40.7 cm³/mol. The van der Waals surface area contributed by atoms with Gasteiger partial charge in [-0.3, -0.25) is 9.11 Å². The Morgan fingerprint density at radius 1 is 0.818 bits per heavy atom. The first-order valence-electron chi connectivity index (χ1n) is 1.85. The molecule has 0 heterocycles. The van der Waals surface area contributed by atoms with Crippen LogP contribution in [-0.4, -0.2) is 62.4 Å². The molecule has 0 rings (SSSR count). The first-order chi connectivity index (χ1) is 4.00. The summed E-state index contributed by atoms with van der Waals surface area (Å²) in [5, 5.41) is 0. The predicted octanol–water partition coefficient (Wildman–Crippen LogP) is -1.37. The third-order valence-corrected chi connectivity index (χ3v) is 0. The van der Waals surface area contributed by atoms with E-state index in [1.165, 1.54) is 0 Å². The summed E-state index contributed by atoms with van der Waals surface area (Å²) in [7, 11) is -7.33. The topological polar surface area (TPSA) is 109 Å². The van der Waals surface area contributed by atoms with Crippen molar-refractivity contribution in [1.82, 2.24) is 0 Å². The molecular weight excluding hydrogens is 303 g/mol. The van der Waals surface area contributed by atoms with E-state index in [-0.39, 0.29) is 23.9 Å². The van der Waals surface area contributed by atoms with Crippen LogP contribution in [0.15, 0.2) is 0 Å². The minimum atomic E-state index is -3.67. The molecule has 0 amide bonds. The van der Waals surface area contributed by atoms with Gasteiger partial charge in [0.1, 0.15) is 0 Å². The van der Waals surface area contributed by atoms with Gasteiger partial charge in [0.15, 0.2) is 0 Å². The molecule has 9 heteroatoms. The van der Waals surface area contributed by atoms with E-state index in [9.17, 15) is 16.8 Å². The van der Waals surface area contributed by atoms with Crippen LogP contribution >= 0.6 is 0 Å². The van der Waals surface area contributed by atoms with Crippen molar-refractivity contribution < 1.29 is 25.9 Å². The molecule has 0 aromatic carbocycles. The van der Waals surface area contributed by atoms with E-state index in [0.717, 1.165) is 0 Å². The summed E-state index contributed by atoms with van der Waals surface area (Å²) in [6, 6.07) is 0. The van der Waals surface area contributed by atoms with Gasteiger partial charge in [-0.2, -0.15) is 16.8 Å². The van der Waals surface area contributed by atoms with Gasteiger partial charge in [-0.25, -0.2) is 0 Å². The van der Waals surface area contributed by atoms with Gasteiger partial charge in [0.2, 0.25) is 0 Å². The van der Waals surface area contributed by atoms with Gasteiger partial charge in [-0.1, -0.05) is 0 Å². The monoisotopic (exact) mass is 312 g/mol. The summed E-state index contributed by atoms with van der Waals surface area (Å²) in [5.74, 6) is 0. The Labute approximate surface area is 82.4 Å². The minimum absolute atomic E-state index is 0. The van der Waals surface area contributed by atoms with Crippen LogP contribution in [0.4, 0.5) is 0 Å². The van der Waals surface area contributed by atoms with Crippen molar-refractivity contribution in [2.24, 2.45) is 0 Å². The normalized spacial score (nSPS) is 10.5. The smallest absolute Gasteiger partial charge is 0.286 e. The van der Waals surface area contributed by atoms with Gasteiger partial charge >= 0.3 is 23.9 Å². The van der Waals surface area contributed by atoms with Gasteiger partial charge in [-0.05, 0) is 0 Å². The van der Waals surface area contributed by atoms with Gasteiger partial charge in [0.25, 0.3) is 20.2 Å². The maximum atomic E-state index is 9.19. The molecular formula is C2H8O6S2Sn+2. The van der Waals surface area contributed by atoms with E-state index >= 15 is 0 Å². The van der Waals surface area contributed by atoms with Crippen molar-refractivity contribution in [3.8, 4) is 0 Å². The average molecular weight is 311 g/mol. The molecule has 0 aliphatic carbocycles. The third-order valence-electron chi connectivity index (χ3n) is 0. The van der Waals surface area contributed by atoms with Crippen LogP contribution in [0.2, 0.25) is 0 Å². The van der Waals surface area contributed by atoms with Gasteiger partial charge in [0, 0.05) is 0 Å². The Bertz CT molecular complexity index is 215. The van der Waals surface area contributed by atoms with E-state index < -0.39 is 20.2 Å². The largest absolute Gasteiger partial charge is 2.00 e. The Kier molecular flexibility index (Phi) is 9.89. The average Bonchev–Trinajstić information content (AvgIpc) is 1.12. The first-order valence-corrected chi connectivity index (χ1v) is 5.54. The van der Waals surface area contributed by atoms with Gasteiger partial charge in [0.05, 0.1) is 12.5 Å². The Balaban J connectivity index is -0.000000107. The molecule has 0 aliphatic rings. The molecule has 0 aliphatic heterocycles. The van der Waals surface area contributed by atoms with E-state index in [4.69, 9.17) is 9.11 Å². The maximum absolute atomic E-state index is 9.19. The summed E-state index contributed by atoms with van der Waals surface area (Å²) in [6.45, 7) is 0. The van der Waals surface area contributed by atoms with Crippen LogP contribution < -0.4 is 0 Å². The summed E-state index contributed by atoms with van der Waals surface area (Å²) in [4.78, 5) is 0. The quantitative estimate of drug-likeness (QED) is 0.422. The molecule has 0 spiro atoms. The number of rotatable bonds is 0. The number of hydrogen-bond donors (Lipinski definition) is 2. The summed E-state index contributed by atoms with van der Waals surface area (Å²) >= 11 is 0. The second-order valence-corrected chi connectivity index (χ2v) is 4.40. The summed E-state index contributed by atoms with van der Waals surface area (Å²) in [5.41, 5.74) is 0. The van der Waals surface area contributed by atoms with Crippen LogP contribution in [0.1, 0.15) is 0 Å². The second kappa shape index (κ2) is 6.17. The van der Waals surface area contributed by atoms with Gasteiger partial charge < -0.3 is 0 Å². The molecule has 6 nitrogen and oxygen atoms in total. The van der Waals surface area contributed by atoms with E-state index in [1.807, 2.05) is 0 Å². The molecule has 0 unspecified atom stereocenters.